The Balaban J connectivity index is 2.22. The van der Waals surface area contributed by atoms with Crippen LogP contribution >= 0.6 is 0 Å². The number of aliphatic hydroxyl groups excluding tert-OH is 1. The van der Waals surface area contributed by atoms with E-state index >= 15 is 0 Å². The average molecular weight is 235 g/mol. The maximum atomic E-state index is 13.9. The van der Waals surface area contributed by atoms with Crippen molar-refractivity contribution in [1.82, 2.24) is 0 Å². The predicted octanol–water partition coefficient (Wildman–Crippen LogP) is 3.04. The number of aliphatic hydroxyl groups is 1. The molecule has 0 bridgehead atoms. The number of hydrogen-bond acceptors (Lipinski definition) is 2. The number of halogens is 1. The summed E-state index contributed by atoms with van der Waals surface area (Å²) in [6.45, 7) is 5.36. The predicted molar refractivity (Wildman–Crippen MR) is 67.6 cm³/mol. The molecule has 1 aliphatic rings. The first-order valence-electron chi connectivity index (χ1n) is 5.96. The van der Waals surface area contributed by atoms with Crippen LogP contribution in [0.25, 0.3) is 0 Å². The second-order valence-corrected chi connectivity index (χ2v) is 4.63. The molecule has 0 saturated heterocycles. The van der Waals surface area contributed by atoms with Crippen molar-refractivity contribution in [3.8, 4) is 0 Å². The maximum Gasteiger partial charge on any atom is 0.146 e. The Morgan fingerprint density at radius 2 is 2.18 bits per heavy atom. The Labute approximate surface area is 101 Å². The van der Waals surface area contributed by atoms with Crippen molar-refractivity contribution in [3.63, 3.8) is 0 Å². The lowest BCUT2D eigenvalue weighted by atomic mass is 10.1. The van der Waals surface area contributed by atoms with E-state index in [-0.39, 0.29) is 5.82 Å². The molecule has 1 heterocycles. The fourth-order valence-electron chi connectivity index (χ4n) is 2.03. The van der Waals surface area contributed by atoms with Gasteiger partial charge in [0.25, 0.3) is 0 Å². The van der Waals surface area contributed by atoms with Gasteiger partial charge < -0.3 is 10.0 Å². The minimum atomic E-state index is -0.623. The van der Waals surface area contributed by atoms with Gasteiger partial charge in [-0.2, -0.15) is 0 Å². The van der Waals surface area contributed by atoms with Gasteiger partial charge in [0, 0.05) is 13.1 Å². The van der Waals surface area contributed by atoms with Crippen LogP contribution in [0.15, 0.2) is 29.8 Å². The van der Waals surface area contributed by atoms with Crippen LogP contribution in [-0.4, -0.2) is 18.2 Å². The van der Waals surface area contributed by atoms with Crippen molar-refractivity contribution in [2.24, 2.45) is 0 Å². The molecule has 0 radical (unpaired) electrons. The van der Waals surface area contributed by atoms with E-state index in [0.717, 1.165) is 19.5 Å². The van der Waals surface area contributed by atoms with Crippen LogP contribution in [0.5, 0.6) is 0 Å². The summed E-state index contributed by atoms with van der Waals surface area (Å²) >= 11 is 0. The highest BCUT2D eigenvalue weighted by Gasteiger charge is 2.15. The highest BCUT2D eigenvalue weighted by molar-refractivity contribution is 5.51. The van der Waals surface area contributed by atoms with Gasteiger partial charge in [-0.25, -0.2) is 4.39 Å². The van der Waals surface area contributed by atoms with E-state index in [1.807, 2.05) is 4.90 Å². The van der Waals surface area contributed by atoms with E-state index in [9.17, 15) is 9.50 Å². The van der Waals surface area contributed by atoms with E-state index in [2.05, 4.69) is 13.0 Å². The minimum absolute atomic E-state index is 0.253. The van der Waals surface area contributed by atoms with Crippen LogP contribution in [-0.2, 0) is 0 Å². The largest absolute Gasteiger partial charge is 0.389 e. The molecule has 0 fully saturated rings. The molecule has 1 aromatic rings. The summed E-state index contributed by atoms with van der Waals surface area (Å²) in [7, 11) is 0. The molecule has 0 aromatic heterocycles. The van der Waals surface area contributed by atoms with Gasteiger partial charge in [0.1, 0.15) is 5.82 Å². The zero-order chi connectivity index (χ0) is 12.4. The Kier molecular flexibility index (Phi) is 3.48. The summed E-state index contributed by atoms with van der Waals surface area (Å²) in [5.41, 5.74) is 2.61. The lowest BCUT2D eigenvalue weighted by Crippen LogP contribution is -2.28. The van der Waals surface area contributed by atoms with Gasteiger partial charge >= 0.3 is 0 Å². The second kappa shape index (κ2) is 4.88. The molecule has 2 nitrogen and oxygen atoms in total. The highest BCUT2D eigenvalue weighted by atomic mass is 19.1. The third-order valence-corrected chi connectivity index (χ3v) is 3.23. The average Bonchev–Trinajstić information content (AvgIpc) is 2.30. The molecular weight excluding hydrogens is 217 g/mol. The molecule has 0 spiro atoms. The zero-order valence-electron chi connectivity index (χ0n) is 10.3. The van der Waals surface area contributed by atoms with Crippen LogP contribution in [0, 0.1) is 5.82 Å². The summed E-state index contributed by atoms with van der Waals surface area (Å²) in [4.78, 5) is 2.02. The molecule has 17 heavy (non-hydrogen) atoms. The molecule has 0 saturated carbocycles. The van der Waals surface area contributed by atoms with Gasteiger partial charge in [-0.15, -0.1) is 0 Å². The summed E-state index contributed by atoms with van der Waals surface area (Å²) < 4.78 is 13.9. The molecule has 1 unspecified atom stereocenters. The number of nitrogens with zero attached hydrogens (tertiary/aromatic N) is 1. The Hall–Kier alpha value is -1.35. The molecule has 1 aliphatic heterocycles. The van der Waals surface area contributed by atoms with Crippen LogP contribution in [0.4, 0.5) is 10.1 Å². The molecule has 2 rings (SSSR count). The van der Waals surface area contributed by atoms with Gasteiger partial charge in [0.05, 0.1) is 11.8 Å². The van der Waals surface area contributed by atoms with E-state index in [0.29, 0.717) is 11.3 Å². The topological polar surface area (TPSA) is 23.5 Å². The fraction of sp³-hybridized carbons (Fsp3) is 0.429. The lowest BCUT2D eigenvalue weighted by Gasteiger charge is -2.28. The first kappa shape index (κ1) is 12.1. The summed E-state index contributed by atoms with van der Waals surface area (Å²) in [6.07, 6.45) is 2.49. The summed E-state index contributed by atoms with van der Waals surface area (Å²) in [6, 6.07) is 4.96. The van der Waals surface area contributed by atoms with Crippen molar-refractivity contribution in [2.75, 3.05) is 18.0 Å². The highest BCUT2D eigenvalue weighted by Crippen LogP contribution is 2.25. The fourth-order valence-corrected chi connectivity index (χ4v) is 2.03. The van der Waals surface area contributed by atoms with E-state index in [4.69, 9.17) is 0 Å². The first-order chi connectivity index (χ1) is 8.08. The smallest absolute Gasteiger partial charge is 0.146 e. The van der Waals surface area contributed by atoms with Gasteiger partial charge in [0.15, 0.2) is 0 Å². The molecule has 3 heteroatoms. The monoisotopic (exact) mass is 235 g/mol. The van der Waals surface area contributed by atoms with Crippen molar-refractivity contribution in [2.45, 2.75) is 26.4 Å². The van der Waals surface area contributed by atoms with Crippen molar-refractivity contribution >= 4 is 5.69 Å². The first-order valence-corrected chi connectivity index (χ1v) is 5.96. The number of benzene rings is 1. The quantitative estimate of drug-likeness (QED) is 0.796. The third kappa shape index (κ3) is 2.67. The van der Waals surface area contributed by atoms with Crippen LogP contribution in [0.3, 0.4) is 0 Å². The van der Waals surface area contributed by atoms with Crippen molar-refractivity contribution in [3.05, 3.63) is 41.2 Å². The molecule has 1 N–H and O–H groups in total. The third-order valence-electron chi connectivity index (χ3n) is 3.23. The molecule has 0 aliphatic carbocycles. The van der Waals surface area contributed by atoms with Gasteiger partial charge in [0.2, 0.25) is 0 Å². The molecule has 1 atom stereocenters. The zero-order valence-corrected chi connectivity index (χ0v) is 10.3. The lowest BCUT2D eigenvalue weighted by molar-refractivity contribution is 0.199. The summed E-state index contributed by atoms with van der Waals surface area (Å²) in [5.74, 6) is -0.253. The molecule has 92 valence electrons. The number of hydrogen-bond donors (Lipinski definition) is 1. The van der Waals surface area contributed by atoms with Gasteiger partial charge in [-0.05, 0) is 38.0 Å². The maximum absolute atomic E-state index is 13.9. The van der Waals surface area contributed by atoms with Crippen LogP contribution in [0.1, 0.15) is 31.9 Å². The Morgan fingerprint density at radius 1 is 1.41 bits per heavy atom. The normalized spacial score (nSPS) is 17.9. The summed E-state index contributed by atoms with van der Waals surface area (Å²) in [5, 5.41) is 9.39. The van der Waals surface area contributed by atoms with E-state index in [1.54, 1.807) is 19.1 Å². The Morgan fingerprint density at radius 3 is 2.71 bits per heavy atom. The molecule has 1 aromatic carbocycles. The SMILES string of the molecule is CC1=CCN(c2ccc(C(C)O)cc2F)CC1. The standard InChI is InChI=1S/C14H18FNO/c1-10-5-7-16(8-6-10)14-4-3-12(11(2)17)9-13(14)15/h3-5,9,11,17H,6-8H2,1-2H3. The molecular formula is C14H18FNO. The van der Waals surface area contributed by atoms with E-state index < -0.39 is 6.10 Å². The van der Waals surface area contributed by atoms with E-state index in [1.165, 1.54) is 11.6 Å². The second-order valence-electron chi connectivity index (χ2n) is 4.63. The molecule has 0 amide bonds. The van der Waals surface area contributed by atoms with Crippen molar-refractivity contribution < 1.29 is 9.50 Å². The van der Waals surface area contributed by atoms with Crippen molar-refractivity contribution in [1.29, 1.82) is 0 Å². The number of rotatable bonds is 2. The van der Waals surface area contributed by atoms with Gasteiger partial charge in [-0.1, -0.05) is 17.7 Å². The Bertz CT molecular complexity index is 440. The van der Waals surface area contributed by atoms with Crippen LogP contribution in [0.2, 0.25) is 0 Å². The van der Waals surface area contributed by atoms with Crippen LogP contribution < -0.4 is 4.90 Å². The minimum Gasteiger partial charge on any atom is -0.389 e. The number of anilines is 1. The van der Waals surface area contributed by atoms with Gasteiger partial charge in [-0.3, -0.25) is 0 Å².